The van der Waals surface area contributed by atoms with Gasteiger partial charge in [0, 0.05) is 6.92 Å². The van der Waals surface area contributed by atoms with Crippen LogP contribution in [0.5, 0.6) is 0 Å². The molecule has 0 N–H and O–H groups in total. The molecule has 0 atom stereocenters. The van der Waals surface area contributed by atoms with E-state index < -0.39 is 0 Å². The van der Waals surface area contributed by atoms with Crippen molar-refractivity contribution in [2.24, 2.45) is 0 Å². The third-order valence-corrected chi connectivity index (χ3v) is 1.06. The Balaban J connectivity index is 3.97. The van der Waals surface area contributed by atoms with E-state index in [0.29, 0.717) is 6.54 Å². The molecule has 0 aliphatic carbocycles. The fraction of sp³-hybridized carbons (Fsp3) is 0.667. The maximum absolute atomic E-state index is 10.6. The largest absolute Gasteiger partial charge is 0.595 e. The van der Waals surface area contributed by atoms with E-state index in [1.165, 1.54) is 11.7 Å². The van der Waals surface area contributed by atoms with Gasteiger partial charge in [-0.05, 0) is 6.92 Å². The van der Waals surface area contributed by atoms with E-state index in [1.54, 1.807) is 13.1 Å². The Labute approximate surface area is 54.9 Å². The molecule has 1 amide bonds. The van der Waals surface area contributed by atoms with Gasteiger partial charge in [0.25, 0.3) is 0 Å². The van der Waals surface area contributed by atoms with E-state index in [1.807, 2.05) is 6.92 Å². The van der Waals surface area contributed by atoms with Crippen LogP contribution in [0.3, 0.4) is 0 Å². The molecular weight excluding hydrogens is 118 g/mol. The van der Waals surface area contributed by atoms with Crippen LogP contribution in [-0.4, -0.2) is 30.5 Å². The van der Waals surface area contributed by atoms with Crippen molar-refractivity contribution in [3.05, 3.63) is 0 Å². The summed E-state index contributed by atoms with van der Waals surface area (Å²) >= 11 is 0. The second-order valence-corrected chi connectivity index (χ2v) is 1.51. The zero-order valence-electron chi connectivity index (χ0n) is 6.05. The van der Waals surface area contributed by atoms with Crippen LogP contribution in [0.25, 0.3) is 0 Å². The van der Waals surface area contributed by atoms with Crippen LogP contribution in [-0.2, 0) is 4.74 Å². The van der Waals surface area contributed by atoms with Gasteiger partial charge in [0.1, 0.15) is 6.21 Å². The lowest BCUT2D eigenvalue weighted by molar-refractivity contribution is -0.437. The van der Waals surface area contributed by atoms with Crippen molar-refractivity contribution in [2.45, 2.75) is 13.8 Å². The number of hydrogen-bond acceptors (Lipinski definition) is 2. The number of rotatable bonds is 1. The summed E-state index contributed by atoms with van der Waals surface area (Å²) < 4.78 is 5.94. The summed E-state index contributed by atoms with van der Waals surface area (Å²) in [5.41, 5.74) is 0. The molecule has 0 unspecified atom stereocenters. The third-order valence-electron chi connectivity index (χ3n) is 1.06. The lowest BCUT2D eigenvalue weighted by atomic mass is 10.7. The monoisotopic (exact) mass is 130 g/mol. The zero-order valence-corrected chi connectivity index (χ0v) is 6.05. The smallest absolute Gasteiger partial charge is 0.415 e. The van der Waals surface area contributed by atoms with Crippen LogP contribution in [0.1, 0.15) is 13.8 Å². The van der Waals surface area contributed by atoms with Crippen molar-refractivity contribution in [1.82, 2.24) is 0 Å². The van der Waals surface area contributed by atoms with Gasteiger partial charge in [-0.3, -0.25) is 0 Å². The Morgan fingerprint density at radius 3 is 2.44 bits per heavy atom. The SMILES string of the molecule is C/C=[N+](\CC)C(=O)OC. The van der Waals surface area contributed by atoms with Crippen molar-refractivity contribution in [1.29, 1.82) is 0 Å². The van der Waals surface area contributed by atoms with Crippen molar-refractivity contribution < 1.29 is 14.1 Å². The lowest BCUT2D eigenvalue weighted by Gasteiger charge is -1.92. The Kier molecular flexibility index (Phi) is 3.67. The Morgan fingerprint density at radius 1 is 1.78 bits per heavy atom. The van der Waals surface area contributed by atoms with Gasteiger partial charge in [-0.15, -0.1) is 4.58 Å². The van der Waals surface area contributed by atoms with Crippen molar-refractivity contribution >= 4 is 12.3 Å². The van der Waals surface area contributed by atoms with Crippen LogP contribution in [0, 0.1) is 0 Å². The minimum absolute atomic E-state index is 0.306. The molecule has 0 spiro atoms. The second kappa shape index (κ2) is 4.06. The number of carbonyl (C=O) groups is 1. The first-order chi connectivity index (χ1) is 4.26. The second-order valence-electron chi connectivity index (χ2n) is 1.51. The summed E-state index contributed by atoms with van der Waals surface area (Å²) in [6, 6.07) is 0. The Morgan fingerprint density at radius 2 is 2.33 bits per heavy atom. The number of nitrogens with zero attached hydrogens (tertiary/aromatic N) is 1. The van der Waals surface area contributed by atoms with E-state index in [4.69, 9.17) is 0 Å². The molecule has 52 valence electrons. The molecule has 0 rings (SSSR count). The minimum atomic E-state index is -0.306. The number of amides is 1. The Bertz CT molecular complexity index is 129. The average molecular weight is 130 g/mol. The predicted molar refractivity (Wildman–Crippen MR) is 34.9 cm³/mol. The van der Waals surface area contributed by atoms with Gasteiger partial charge in [0.2, 0.25) is 0 Å². The quantitative estimate of drug-likeness (QED) is 0.389. The van der Waals surface area contributed by atoms with E-state index in [0.717, 1.165) is 0 Å². The highest BCUT2D eigenvalue weighted by molar-refractivity contribution is 5.64. The molecule has 0 heterocycles. The van der Waals surface area contributed by atoms with Gasteiger partial charge in [0.15, 0.2) is 6.54 Å². The van der Waals surface area contributed by atoms with Gasteiger partial charge in [0.05, 0.1) is 7.11 Å². The van der Waals surface area contributed by atoms with Crippen LogP contribution < -0.4 is 0 Å². The highest BCUT2D eigenvalue weighted by Crippen LogP contribution is 1.79. The standard InChI is InChI=1S/C6H12NO2/c1-4-7(5-2)6(8)9-3/h4H,5H2,1-3H3/q+1/b7-4+. The maximum Gasteiger partial charge on any atom is 0.595 e. The van der Waals surface area contributed by atoms with Gasteiger partial charge in [-0.1, -0.05) is 0 Å². The first kappa shape index (κ1) is 8.14. The number of ether oxygens (including phenoxy) is 1. The molecule has 0 aromatic carbocycles. The summed E-state index contributed by atoms with van der Waals surface area (Å²) in [4.78, 5) is 10.6. The molecular formula is C6H12NO2+. The summed E-state index contributed by atoms with van der Waals surface area (Å²) in [5, 5.41) is 0. The molecule has 0 radical (unpaired) electrons. The van der Waals surface area contributed by atoms with Gasteiger partial charge >= 0.3 is 6.09 Å². The number of methoxy groups -OCH3 is 1. The topological polar surface area (TPSA) is 29.3 Å². The van der Waals surface area contributed by atoms with E-state index in [-0.39, 0.29) is 6.09 Å². The predicted octanol–water partition coefficient (Wildman–Crippen LogP) is 0.876. The third kappa shape index (κ3) is 2.26. The van der Waals surface area contributed by atoms with Crippen molar-refractivity contribution in [3.8, 4) is 0 Å². The highest BCUT2D eigenvalue weighted by atomic mass is 16.5. The van der Waals surface area contributed by atoms with E-state index in [9.17, 15) is 4.79 Å². The van der Waals surface area contributed by atoms with Crippen LogP contribution >= 0.6 is 0 Å². The molecule has 0 bridgehead atoms. The summed E-state index contributed by atoms with van der Waals surface area (Å²) in [6.07, 6.45) is 1.38. The zero-order chi connectivity index (χ0) is 7.28. The van der Waals surface area contributed by atoms with Gasteiger partial charge in [-0.2, -0.15) is 4.79 Å². The molecule has 9 heavy (non-hydrogen) atoms. The molecule has 0 aromatic rings. The van der Waals surface area contributed by atoms with E-state index in [2.05, 4.69) is 4.74 Å². The van der Waals surface area contributed by atoms with Crippen molar-refractivity contribution in [2.75, 3.05) is 13.7 Å². The minimum Gasteiger partial charge on any atom is -0.415 e. The summed E-state index contributed by atoms with van der Waals surface area (Å²) in [7, 11) is 1.37. The van der Waals surface area contributed by atoms with Gasteiger partial charge < -0.3 is 4.74 Å². The molecule has 0 aliphatic rings. The van der Waals surface area contributed by atoms with Crippen LogP contribution in [0.2, 0.25) is 0 Å². The molecule has 0 fully saturated rings. The fourth-order valence-corrected chi connectivity index (χ4v) is 0.534. The normalized spacial score (nSPS) is 11.2. The molecule has 0 aromatic heterocycles. The fourth-order valence-electron chi connectivity index (χ4n) is 0.534. The maximum atomic E-state index is 10.6. The summed E-state index contributed by atoms with van der Waals surface area (Å²) in [5.74, 6) is 0. The lowest BCUT2D eigenvalue weighted by Crippen LogP contribution is -2.20. The molecule has 0 saturated carbocycles. The average Bonchev–Trinajstić information content (AvgIpc) is 1.90. The highest BCUT2D eigenvalue weighted by Gasteiger charge is 2.12. The molecule has 0 aliphatic heterocycles. The first-order valence-corrected chi connectivity index (χ1v) is 2.90. The number of carbonyl (C=O) groups excluding carboxylic acids is 1. The molecule has 0 saturated heterocycles. The van der Waals surface area contributed by atoms with Gasteiger partial charge in [-0.25, -0.2) is 0 Å². The van der Waals surface area contributed by atoms with Crippen LogP contribution in [0.15, 0.2) is 0 Å². The molecule has 3 heteroatoms. The number of hydrogen-bond donors (Lipinski definition) is 0. The van der Waals surface area contributed by atoms with E-state index >= 15 is 0 Å². The molecule has 3 nitrogen and oxygen atoms in total. The summed E-state index contributed by atoms with van der Waals surface area (Å²) in [6.45, 7) is 4.33. The van der Waals surface area contributed by atoms with Crippen molar-refractivity contribution in [3.63, 3.8) is 0 Å². The van der Waals surface area contributed by atoms with Crippen LogP contribution in [0.4, 0.5) is 4.79 Å². The first-order valence-electron chi connectivity index (χ1n) is 2.90. The Hall–Kier alpha value is -0.860.